The predicted octanol–water partition coefficient (Wildman–Crippen LogP) is 1.49. The van der Waals surface area contributed by atoms with Gasteiger partial charge in [-0.15, -0.1) is 0 Å². The molecule has 5 heteroatoms. The van der Waals surface area contributed by atoms with Crippen molar-refractivity contribution < 1.29 is 9.53 Å². The van der Waals surface area contributed by atoms with Crippen molar-refractivity contribution in [3.63, 3.8) is 0 Å². The number of ether oxygens (including phenoxy) is 1. The van der Waals surface area contributed by atoms with Gasteiger partial charge in [-0.3, -0.25) is 4.79 Å². The van der Waals surface area contributed by atoms with E-state index in [4.69, 9.17) is 10.5 Å². The molecule has 1 heterocycles. The summed E-state index contributed by atoms with van der Waals surface area (Å²) in [6, 6.07) is 6.02. The van der Waals surface area contributed by atoms with Crippen molar-refractivity contribution >= 4 is 21.8 Å². The number of aryl methyl sites for hydroxylation is 1. The van der Waals surface area contributed by atoms with Gasteiger partial charge in [0.15, 0.2) is 0 Å². The molecule has 0 aromatic heterocycles. The van der Waals surface area contributed by atoms with Gasteiger partial charge in [0.25, 0.3) is 0 Å². The van der Waals surface area contributed by atoms with Crippen molar-refractivity contribution in [1.82, 2.24) is 4.90 Å². The molecular formula is C14H19BrN2O2. The van der Waals surface area contributed by atoms with E-state index in [-0.39, 0.29) is 11.9 Å². The van der Waals surface area contributed by atoms with Crippen molar-refractivity contribution in [3.05, 3.63) is 33.8 Å². The Hall–Kier alpha value is -0.910. The van der Waals surface area contributed by atoms with Gasteiger partial charge in [-0.1, -0.05) is 22.0 Å². The van der Waals surface area contributed by atoms with Crippen LogP contribution in [0.2, 0.25) is 0 Å². The monoisotopic (exact) mass is 326 g/mol. The van der Waals surface area contributed by atoms with Crippen molar-refractivity contribution in [1.29, 1.82) is 0 Å². The fourth-order valence-electron chi connectivity index (χ4n) is 2.27. The molecule has 1 saturated heterocycles. The summed E-state index contributed by atoms with van der Waals surface area (Å²) in [5.74, 6) is 0.125. The van der Waals surface area contributed by atoms with Gasteiger partial charge in [-0.05, 0) is 30.2 Å². The molecule has 0 saturated carbocycles. The first-order chi connectivity index (χ1) is 9.11. The normalized spacial score (nSPS) is 19.5. The SMILES string of the molecule is Cc1ccc(Br)cc1CC(=O)N1CCOCC1CN. The maximum Gasteiger partial charge on any atom is 0.227 e. The summed E-state index contributed by atoms with van der Waals surface area (Å²) in [5, 5.41) is 0. The minimum atomic E-state index is 0.00806. The van der Waals surface area contributed by atoms with Crippen LogP contribution in [0, 0.1) is 6.92 Å². The third kappa shape index (κ3) is 3.55. The van der Waals surface area contributed by atoms with Gasteiger partial charge >= 0.3 is 0 Å². The Morgan fingerprint density at radius 3 is 3.11 bits per heavy atom. The number of hydrogen-bond acceptors (Lipinski definition) is 3. The zero-order valence-electron chi connectivity index (χ0n) is 11.1. The van der Waals surface area contributed by atoms with E-state index in [1.807, 2.05) is 30.0 Å². The van der Waals surface area contributed by atoms with Gasteiger partial charge in [0.1, 0.15) is 0 Å². The van der Waals surface area contributed by atoms with Crippen molar-refractivity contribution in [2.24, 2.45) is 5.73 Å². The van der Waals surface area contributed by atoms with Gasteiger partial charge in [0.05, 0.1) is 25.7 Å². The summed E-state index contributed by atoms with van der Waals surface area (Å²) < 4.78 is 6.36. The van der Waals surface area contributed by atoms with Crippen LogP contribution in [-0.4, -0.2) is 43.2 Å². The van der Waals surface area contributed by atoms with Crippen LogP contribution in [-0.2, 0) is 16.0 Å². The minimum Gasteiger partial charge on any atom is -0.377 e. The Kier molecular flexibility index (Phi) is 4.96. The lowest BCUT2D eigenvalue weighted by Crippen LogP contribution is -2.52. The summed E-state index contributed by atoms with van der Waals surface area (Å²) in [4.78, 5) is 14.3. The Labute approximate surface area is 122 Å². The molecule has 1 aliphatic heterocycles. The summed E-state index contributed by atoms with van der Waals surface area (Å²) in [5.41, 5.74) is 7.89. The largest absolute Gasteiger partial charge is 0.377 e. The second-order valence-electron chi connectivity index (χ2n) is 4.80. The molecule has 104 valence electrons. The third-order valence-corrected chi connectivity index (χ3v) is 3.97. The highest BCUT2D eigenvalue weighted by atomic mass is 79.9. The Balaban J connectivity index is 2.09. The lowest BCUT2D eigenvalue weighted by atomic mass is 10.0. The average molecular weight is 327 g/mol. The second kappa shape index (κ2) is 6.50. The summed E-state index contributed by atoms with van der Waals surface area (Å²) in [7, 11) is 0. The molecule has 0 radical (unpaired) electrons. The van der Waals surface area contributed by atoms with Crippen LogP contribution in [0.3, 0.4) is 0 Å². The molecule has 1 aliphatic rings. The first-order valence-electron chi connectivity index (χ1n) is 6.44. The second-order valence-corrected chi connectivity index (χ2v) is 5.71. The number of carbonyl (C=O) groups excluding carboxylic acids is 1. The molecule has 0 bridgehead atoms. The van der Waals surface area contributed by atoms with Crippen LogP contribution in [0.25, 0.3) is 0 Å². The molecule has 0 aliphatic carbocycles. The van der Waals surface area contributed by atoms with Crippen LogP contribution in [0.5, 0.6) is 0 Å². The van der Waals surface area contributed by atoms with E-state index in [0.29, 0.717) is 32.7 Å². The van der Waals surface area contributed by atoms with Gasteiger partial charge in [-0.25, -0.2) is 0 Å². The minimum absolute atomic E-state index is 0.00806. The van der Waals surface area contributed by atoms with Crippen molar-refractivity contribution in [2.45, 2.75) is 19.4 Å². The fraction of sp³-hybridized carbons (Fsp3) is 0.500. The zero-order chi connectivity index (χ0) is 13.8. The standard InChI is InChI=1S/C14H19BrN2O2/c1-10-2-3-12(15)6-11(10)7-14(18)17-4-5-19-9-13(17)8-16/h2-3,6,13H,4-5,7-9,16H2,1H3. The number of nitrogens with two attached hydrogens (primary N) is 1. The van der Waals surface area contributed by atoms with Crippen LogP contribution in [0.15, 0.2) is 22.7 Å². The van der Waals surface area contributed by atoms with Crippen LogP contribution in [0.4, 0.5) is 0 Å². The Bertz CT molecular complexity index is 465. The highest BCUT2D eigenvalue weighted by Crippen LogP contribution is 2.18. The van der Waals surface area contributed by atoms with E-state index in [2.05, 4.69) is 15.9 Å². The maximum atomic E-state index is 12.4. The first kappa shape index (κ1) is 14.5. The lowest BCUT2D eigenvalue weighted by molar-refractivity contribution is -0.138. The molecule has 0 spiro atoms. The molecular weight excluding hydrogens is 308 g/mol. The number of rotatable bonds is 3. The number of halogens is 1. The number of benzene rings is 1. The smallest absolute Gasteiger partial charge is 0.227 e. The molecule has 2 N–H and O–H groups in total. The molecule has 4 nitrogen and oxygen atoms in total. The van der Waals surface area contributed by atoms with E-state index < -0.39 is 0 Å². The van der Waals surface area contributed by atoms with Gasteiger partial charge < -0.3 is 15.4 Å². The van der Waals surface area contributed by atoms with Crippen LogP contribution >= 0.6 is 15.9 Å². The zero-order valence-corrected chi connectivity index (χ0v) is 12.6. The summed E-state index contributed by atoms with van der Waals surface area (Å²) in [6.07, 6.45) is 0.418. The molecule has 1 unspecified atom stereocenters. The lowest BCUT2D eigenvalue weighted by Gasteiger charge is -2.35. The fourth-order valence-corrected chi connectivity index (χ4v) is 2.68. The number of carbonyl (C=O) groups is 1. The van der Waals surface area contributed by atoms with Gasteiger partial charge in [0.2, 0.25) is 5.91 Å². The van der Waals surface area contributed by atoms with Crippen molar-refractivity contribution in [3.8, 4) is 0 Å². The van der Waals surface area contributed by atoms with Gasteiger partial charge in [0, 0.05) is 17.6 Å². The van der Waals surface area contributed by atoms with Crippen LogP contribution in [0.1, 0.15) is 11.1 Å². The quantitative estimate of drug-likeness (QED) is 0.915. The Morgan fingerprint density at radius 2 is 2.37 bits per heavy atom. The molecule has 1 amide bonds. The van der Waals surface area contributed by atoms with E-state index >= 15 is 0 Å². The molecule has 1 aromatic rings. The average Bonchev–Trinajstić information content (AvgIpc) is 2.42. The van der Waals surface area contributed by atoms with Crippen molar-refractivity contribution in [2.75, 3.05) is 26.3 Å². The van der Waals surface area contributed by atoms with E-state index in [1.165, 1.54) is 0 Å². The number of amides is 1. The highest BCUT2D eigenvalue weighted by molar-refractivity contribution is 9.10. The van der Waals surface area contributed by atoms with E-state index in [1.54, 1.807) is 0 Å². The number of morpholine rings is 1. The van der Waals surface area contributed by atoms with Gasteiger partial charge in [-0.2, -0.15) is 0 Å². The summed E-state index contributed by atoms with van der Waals surface area (Å²) >= 11 is 3.44. The topological polar surface area (TPSA) is 55.6 Å². The molecule has 19 heavy (non-hydrogen) atoms. The van der Waals surface area contributed by atoms with Crippen LogP contribution < -0.4 is 5.73 Å². The predicted molar refractivity (Wildman–Crippen MR) is 78.0 cm³/mol. The molecule has 1 fully saturated rings. The summed E-state index contributed by atoms with van der Waals surface area (Å²) in [6.45, 7) is 4.24. The molecule has 2 rings (SSSR count). The number of nitrogens with zero attached hydrogens (tertiary/aromatic N) is 1. The maximum absolute atomic E-state index is 12.4. The van der Waals surface area contributed by atoms with E-state index in [0.717, 1.165) is 15.6 Å². The number of hydrogen-bond donors (Lipinski definition) is 1. The molecule has 1 atom stereocenters. The highest BCUT2D eigenvalue weighted by Gasteiger charge is 2.26. The Morgan fingerprint density at radius 1 is 1.58 bits per heavy atom. The first-order valence-corrected chi connectivity index (χ1v) is 7.23. The third-order valence-electron chi connectivity index (χ3n) is 3.47. The van der Waals surface area contributed by atoms with E-state index in [9.17, 15) is 4.79 Å². The molecule has 1 aromatic carbocycles.